The van der Waals surface area contributed by atoms with Gasteiger partial charge < -0.3 is 15.5 Å². The Kier molecular flexibility index (Phi) is 2.57. The first-order valence-corrected chi connectivity index (χ1v) is 4.37. The highest BCUT2D eigenvalue weighted by molar-refractivity contribution is 5.71. The second-order valence-corrected chi connectivity index (χ2v) is 4.17. The summed E-state index contributed by atoms with van der Waals surface area (Å²) in [5.41, 5.74) is 5.04. The van der Waals surface area contributed by atoms with E-state index >= 15 is 0 Å². The van der Waals surface area contributed by atoms with Crippen LogP contribution in [-0.4, -0.2) is 43.7 Å². The molecule has 0 aromatic rings. The van der Waals surface area contributed by atoms with Gasteiger partial charge in [0.15, 0.2) is 0 Å². The van der Waals surface area contributed by atoms with Crippen molar-refractivity contribution in [2.24, 2.45) is 5.73 Å². The molecule has 1 aliphatic heterocycles. The van der Waals surface area contributed by atoms with Crippen LogP contribution in [0.3, 0.4) is 0 Å². The van der Waals surface area contributed by atoms with Crippen LogP contribution in [0.2, 0.25) is 0 Å². The molecule has 0 aromatic carbocycles. The number of hydrogen-bond donors (Lipinski definition) is 2. The normalized spacial score (nSPS) is 23.5. The quantitative estimate of drug-likeness (QED) is 0.533. The molecule has 70 valence electrons. The summed E-state index contributed by atoms with van der Waals surface area (Å²) < 4.78 is 1.05. The standard InChI is InChI=1S/C8H17N3O/c1-11(2)5-3-7(4-6-11)10-8(9)12/h7H,3-6H2,1-2H3,(H2-,9,10,12)/p+1. The highest BCUT2D eigenvalue weighted by atomic mass is 16.2. The summed E-state index contributed by atoms with van der Waals surface area (Å²) in [5.74, 6) is 0. The fraction of sp³-hybridized carbons (Fsp3) is 0.875. The van der Waals surface area contributed by atoms with E-state index < -0.39 is 6.03 Å². The Hall–Kier alpha value is -0.770. The number of rotatable bonds is 1. The number of quaternary nitrogens is 1. The van der Waals surface area contributed by atoms with Crippen LogP contribution in [0.5, 0.6) is 0 Å². The third kappa shape index (κ3) is 2.70. The van der Waals surface area contributed by atoms with Crippen molar-refractivity contribution in [2.45, 2.75) is 18.9 Å². The topological polar surface area (TPSA) is 55.1 Å². The zero-order valence-corrected chi connectivity index (χ0v) is 7.84. The van der Waals surface area contributed by atoms with Gasteiger partial charge in [0.25, 0.3) is 0 Å². The zero-order valence-electron chi connectivity index (χ0n) is 7.84. The minimum atomic E-state index is -0.396. The third-order valence-electron chi connectivity index (χ3n) is 2.51. The minimum absolute atomic E-state index is 0.300. The molecule has 1 aliphatic rings. The molecule has 1 saturated heterocycles. The van der Waals surface area contributed by atoms with E-state index in [1.54, 1.807) is 0 Å². The number of nitrogens with zero attached hydrogens (tertiary/aromatic N) is 1. The first-order chi connectivity index (χ1) is 5.49. The molecule has 4 nitrogen and oxygen atoms in total. The molecule has 3 N–H and O–H groups in total. The average Bonchev–Trinajstić information content (AvgIpc) is 1.93. The molecule has 4 heteroatoms. The van der Waals surface area contributed by atoms with E-state index in [1.165, 1.54) is 0 Å². The van der Waals surface area contributed by atoms with Crippen molar-refractivity contribution in [3.8, 4) is 0 Å². The maximum atomic E-state index is 10.5. The Balaban J connectivity index is 2.31. The number of amides is 2. The van der Waals surface area contributed by atoms with Gasteiger partial charge in [-0.25, -0.2) is 4.79 Å². The van der Waals surface area contributed by atoms with E-state index in [0.29, 0.717) is 6.04 Å². The number of urea groups is 1. The Morgan fingerprint density at radius 3 is 2.33 bits per heavy atom. The molecule has 0 atom stereocenters. The van der Waals surface area contributed by atoms with Gasteiger partial charge in [-0.1, -0.05) is 0 Å². The number of primary amides is 1. The third-order valence-corrected chi connectivity index (χ3v) is 2.51. The highest BCUT2D eigenvalue weighted by Crippen LogP contribution is 2.13. The second kappa shape index (κ2) is 3.31. The minimum Gasteiger partial charge on any atom is -0.352 e. The van der Waals surface area contributed by atoms with Gasteiger partial charge in [-0.2, -0.15) is 0 Å². The molecule has 0 unspecified atom stereocenters. The Labute approximate surface area is 73.3 Å². The van der Waals surface area contributed by atoms with Crippen molar-refractivity contribution in [2.75, 3.05) is 27.2 Å². The molecular formula is C8H18N3O+. The second-order valence-electron chi connectivity index (χ2n) is 4.17. The summed E-state index contributed by atoms with van der Waals surface area (Å²) in [5, 5.41) is 2.75. The highest BCUT2D eigenvalue weighted by Gasteiger charge is 2.26. The summed E-state index contributed by atoms with van der Waals surface area (Å²) in [6.07, 6.45) is 2.08. The predicted molar refractivity (Wildman–Crippen MR) is 47.6 cm³/mol. The summed E-state index contributed by atoms with van der Waals surface area (Å²) in [6, 6.07) is -0.0964. The molecule has 2 amide bonds. The maximum absolute atomic E-state index is 10.5. The summed E-state index contributed by atoms with van der Waals surface area (Å²) in [7, 11) is 4.42. The molecule has 1 rings (SSSR count). The van der Waals surface area contributed by atoms with Crippen molar-refractivity contribution >= 4 is 6.03 Å². The van der Waals surface area contributed by atoms with E-state index in [9.17, 15) is 4.79 Å². The zero-order chi connectivity index (χ0) is 9.19. The molecule has 1 heterocycles. The molecule has 0 bridgehead atoms. The van der Waals surface area contributed by atoms with Gasteiger partial charge in [0.05, 0.1) is 27.2 Å². The molecular weight excluding hydrogens is 154 g/mol. The van der Waals surface area contributed by atoms with Crippen LogP contribution in [0, 0.1) is 0 Å². The van der Waals surface area contributed by atoms with Crippen molar-refractivity contribution in [3.63, 3.8) is 0 Å². The van der Waals surface area contributed by atoms with Gasteiger partial charge >= 0.3 is 6.03 Å². The molecule has 0 saturated carbocycles. The van der Waals surface area contributed by atoms with Crippen LogP contribution >= 0.6 is 0 Å². The van der Waals surface area contributed by atoms with E-state index in [1.807, 2.05) is 0 Å². The molecule has 12 heavy (non-hydrogen) atoms. The monoisotopic (exact) mass is 172 g/mol. The van der Waals surface area contributed by atoms with Crippen LogP contribution in [0.4, 0.5) is 4.79 Å². The summed E-state index contributed by atoms with van der Waals surface area (Å²) >= 11 is 0. The molecule has 0 aromatic heterocycles. The SMILES string of the molecule is C[N+]1(C)CCC(NC(N)=O)CC1. The average molecular weight is 172 g/mol. The largest absolute Gasteiger partial charge is 0.352 e. The van der Waals surface area contributed by atoms with Gasteiger partial charge in [0.2, 0.25) is 0 Å². The van der Waals surface area contributed by atoms with Gasteiger partial charge in [-0.15, -0.1) is 0 Å². The van der Waals surface area contributed by atoms with E-state index in [2.05, 4.69) is 19.4 Å². The number of nitrogens with two attached hydrogens (primary N) is 1. The summed E-state index contributed by atoms with van der Waals surface area (Å²) in [4.78, 5) is 10.5. The molecule has 1 fully saturated rings. The predicted octanol–water partition coefficient (Wildman–Crippen LogP) is -0.106. The lowest BCUT2D eigenvalue weighted by Gasteiger charge is -2.37. The number of carbonyl (C=O) groups excluding carboxylic acids is 1. The Bertz CT molecular complexity index is 169. The first-order valence-electron chi connectivity index (χ1n) is 4.37. The lowest BCUT2D eigenvalue weighted by molar-refractivity contribution is -0.895. The number of carbonyl (C=O) groups is 1. The van der Waals surface area contributed by atoms with Crippen LogP contribution in [0.15, 0.2) is 0 Å². The number of nitrogens with one attached hydrogen (secondary N) is 1. The maximum Gasteiger partial charge on any atom is 0.312 e. The fourth-order valence-corrected chi connectivity index (χ4v) is 1.61. The van der Waals surface area contributed by atoms with Crippen LogP contribution in [0.1, 0.15) is 12.8 Å². The lowest BCUT2D eigenvalue weighted by Crippen LogP contribution is -2.52. The smallest absolute Gasteiger partial charge is 0.312 e. The van der Waals surface area contributed by atoms with Crippen LogP contribution < -0.4 is 11.1 Å². The number of hydrogen-bond acceptors (Lipinski definition) is 1. The number of likely N-dealkylation sites (tertiary alicyclic amines) is 1. The van der Waals surface area contributed by atoms with E-state index in [0.717, 1.165) is 30.4 Å². The van der Waals surface area contributed by atoms with Gasteiger partial charge in [0.1, 0.15) is 0 Å². The van der Waals surface area contributed by atoms with Gasteiger partial charge in [-0.3, -0.25) is 0 Å². The van der Waals surface area contributed by atoms with E-state index in [4.69, 9.17) is 5.73 Å². The van der Waals surface area contributed by atoms with Crippen molar-refractivity contribution < 1.29 is 9.28 Å². The number of piperidine rings is 1. The Morgan fingerprint density at radius 2 is 1.92 bits per heavy atom. The van der Waals surface area contributed by atoms with Crippen LogP contribution in [0.25, 0.3) is 0 Å². The lowest BCUT2D eigenvalue weighted by atomic mass is 10.0. The van der Waals surface area contributed by atoms with Gasteiger partial charge in [0, 0.05) is 18.9 Å². The molecule has 0 aliphatic carbocycles. The Morgan fingerprint density at radius 1 is 1.42 bits per heavy atom. The van der Waals surface area contributed by atoms with E-state index in [-0.39, 0.29) is 0 Å². The molecule has 0 spiro atoms. The van der Waals surface area contributed by atoms with Crippen molar-refractivity contribution in [3.05, 3.63) is 0 Å². The van der Waals surface area contributed by atoms with Gasteiger partial charge in [-0.05, 0) is 0 Å². The summed E-state index contributed by atoms with van der Waals surface area (Å²) in [6.45, 7) is 2.23. The van der Waals surface area contributed by atoms with Crippen molar-refractivity contribution in [1.29, 1.82) is 0 Å². The first kappa shape index (κ1) is 9.32. The fourth-order valence-electron chi connectivity index (χ4n) is 1.61. The molecule has 0 radical (unpaired) electrons. The van der Waals surface area contributed by atoms with Crippen molar-refractivity contribution in [1.82, 2.24) is 5.32 Å². The van der Waals surface area contributed by atoms with Crippen LogP contribution in [-0.2, 0) is 0 Å².